The van der Waals surface area contributed by atoms with Gasteiger partial charge in [-0.3, -0.25) is 0 Å². The first-order valence-electron chi connectivity index (χ1n) is 11.0. The topological polar surface area (TPSA) is 258 Å². The fourth-order valence-corrected chi connectivity index (χ4v) is 4.33. The second-order valence-electron chi connectivity index (χ2n) is 8.54. The molecule has 0 bridgehead atoms. The van der Waals surface area contributed by atoms with Crippen LogP contribution in [0.15, 0.2) is 0 Å². The first-order valence-corrected chi connectivity index (χ1v) is 11.0. The van der Waals surface area contributed by atoms with Crippen LogP contribution in [-0.4, -0.2) is 170 Å². The van der Waals surface area contributed by atoms with Crippen LogP contribution in [0.4, 0.5) is 0 Å². The van der Waals surface area contributed by atoms with Crippen LogP contribution >= 0.6 is 0 Å². The number of hydrogen-bond acceptors (Lipinski definition) is 16. The van der Waals surface area contributed by atoms with Crippen LogP contribution in [0.2, 0.25) is 0 Å². The summed E-state index contributed by atoms with van der Waals surface area (Å²) in [6, 6.07) is 0. The van der Waals surface area contributed by atoms with E-state index in [1.807, 2.05) is 0 Å². The number of methoxy groups -OCH3 is 1. The van der Waals surface area contributed by atoms with E-state index in [-0.39, 0.29) is 0 Å². The van der Waals surface area contributed by atoms with Gasteiger partial charge in [0.05, 0.1) is 19.8 Å². The molecule has 3 aliphatic rings. The monoisotopic (exact) mass is 518 g/mol. The highest BCUT2D eigenvalue weighted by molar-refractivity contribution is 4.96. The summed E-state index contributed by atoms with van der Waals surface area (Å²) in [5.74, 6) is 0. The molecule has 3 rings (SSSR count). The SMILES string of the molecule is CO[C@@H]1C(CO)O[C@H](O[C@@H]2C(CO)O[C@H](O[C@@H]3C(CO)O[C@H](O)C(O)[C@@H]3O)C(O)[C@@H]2O)C(O)[C@@H]1O. The Bertz CT molecular complexity index is 650. The largest absolute Gasteiger partial charge is 0.394 e. The smallest absolute Gasteiger partial charge is 0.187 e. The van der Waals surface area contributed by atoms with Gasteiger partial charge in [0.15, 0.2) is 18.9 Å². The second-order valence-corrected chi connectivity index (χ2v) is 8.54. The maximum atomic E-state index is 10.7. The molecule has 0 saturated carbocycles. The van der Waals surface area contributed by atoms with E-state index < -0.39 is 112 Å². The molecule has 0 aromatic heterocycles. The van der Waals surface area contributed by atoms with Gasteiger partial charge < -0.3 is 79.5 Å². The molecule has 3 heterocycles. The van der Waals surface area contributed by atoms with Gasteiger partial charge in [-0.2, -0.15) is 0 Å². The zero-order valence-corrected chi connectivity index (χ0v) is 18.7. The van der Waals surface area contributed by atoms with Crippen LogP contribution in [0, 0.1) is 0 Å². The van der Waals surface area contributed by atoms with Gasteiger partial charge in [-0.05, 0) is 0 Å². The normalized spacial score (nSPS) is 51.3. The van der Waals surface area contributed by atoms with E-state index in [1.54, 1.807) is 0 Å². The predicted molar refractivity (Wildman–Crippen MR) is 106 cm³/mol. The molecule has 3 fully saturated rings. The van der Waals surface area contributed by atoms with Gasteiger partial charge in [0.2, 0.25) is 0 Å². The summed E-state index contributed by atoms with van der Waals surface area (Å²) in [4.78, 5) is 0. The van der Waals surface area contributed by atoms with Crippen molar-refractivity contribution in [1.82, 2.24) is 0 Å². The molecule has 0 aromatic rings. The Morgan fingerprint density at radius 2 is 0.886 bits per heavy atom. The Morgan fingerprint density at radius 3 is 1.31 bits per heavy atom. The molecule has 16 heteroatoms. The number of hydrogen-bond donors (Lipinski definition) is 10. The lowest BCUT2D eigenvalue weighted by molar-refractivity contribution is -0.378. The number of ether oxygens (including phenoxy) is 6. The van der Waals surface area contributed by atoms with Crippen molar-refractivity contribution in [3.8, 4) is 0 Å². The predicted octanol–water partition coefficient (Wildman–Crippen LogP) is -6.92. The van der Waals surface area contributed by atoms with Crippen molar-refractivity contribution in [2.24, 2.45) is 0 Å². The maximum absolute atomic E-state index is 10.7. The molecule has 15 atom stereocenters. The molecular weight excluding hydrogens is 484 g/mol. The highest BCUT2D eigenvalue weighted by Crippen LogP contribution is 2.32. The first kappa shape index (κ1) is 28.9. The van der Waals surface area contributed by atoms with Gasteiger partial charge in [0, 0.05) is 7.11 Å². The van der Waals surface area contributed by atoms with Crippen LogP contribution < -0.4 is 0 Å². The van der Waals surface area contributed by atoms with Crippen LogP contribution in [0.5, 0.6) is 0 Å². The molecule has 0 amide bonds. The number of rotatable bonds is 8. The third-order valence-corrected chi connectivity index (χ3v) is 6.34. The lowest BCUT2D eigenvalue weighted by Crippen LogP contribution is -2.66. The zero-order valence-electron chi connectivity index (χ0n) is 18.7. The van der Waals surface area contributed by atoms with Gasteiger partial charge in [0.1, 0.15) is 73.2 Å². The highest BCUT2D eigenvalue weighted by Gasteiger charge is 2.53. The Hall–Kier alpha value is -0.640. The quantitative estimate of drug-likeness (QED) is 0.143. The van der Waals surface area contributed by atoms with Crippen molar-refractivity contribution in [1.29, 1.82) is 0 Å². The van der Waals surface area contributed by atoms with E-state index in [1.165, 1.54) is 7.11 Å². The van der Waals surface area contributed by atoms with E-state index in [2.05, 4.69) is 0 Å². The lowest BCUT2D eigenvalue weighted by Gasteiger charge is -2.48. The Kier molecular flexibility index (Phi) is 10.1. The minimum atomic E-state index is -1.88. The fourth-order valence-electron chi connectivity index (χ4n) is 4.33. The van der Waals surface area contributed by atoms with E-state index in [0.29, 0.717) is 0 Å². The van der Waals surface area contributed by atoms with Crippen LogP contribution in [-0.2, 0) is 28.4 Å². The number of aliphatic hydroxyl groups is 10. The van der Waals surface area contributed by atoms with Crippen LogP contribution in [0.3, 0.4) is 0 Å². The van der Waals surface area contributed by atoms with E-state index in [0.717, 1.165) is 0 Å². The van der Waals surface area contributed by atoms with Crippen molar-refractivity contribution in [3.05, 3.63) is 0 Å². The molecular formula is C19H34O16. The van der Waals surface area contributed by atoms with Gasteiger partial charge in [-0.15, -0.1) is 0 Å². The average Bonchev–Trinajstić information content (AvgIpc) is 2.85. The number of aliphatic hydroxyl groups excluding tert-OH is 10. The van der Waals surface area contributed by atoms with Crippen LogP contribution in [0.25, 0.3) is 0 Å². The average molecular weight is 518 g/mol. The van der Waals surface area contributed by atoms with Crippen LogP contribution in [0.1, 0.15) is 0 Å². The van der Waals surface area contributed by atoms with Crippen molar-refractivity contribution >= 4 is 0 Å². The third-order valence-electron chi connectivity index (χ3n) is 6.34. The Labute approximate surface area is 199 Å². The molecule has 0 aromatic carbocycles. The second kappa shape index (κ2) is 12.3. The molecule has 3 aliphatic heterocycles. The molecule has 6 unspecified atom stereocenters. The minimum absolute atomic E-state index is 0.605. The van der Waals surface area contributed by atoms with Gasteiger partial charge in [-0.1, -0.05) is 0 Å². The summed E-state index contributed by atoms with van der Waals surface area (Å²) >= 11 is 0. The molecule has 10 N–H and O–H groups in total. The molecule has 0 spiro atoms. The van der Waals surface area contributed by atoms with E-state index >= 15 is 0 Å². The van der Waals surface area contributed by atoms with Gasteiger partial charge in [0.25, 0.3) is 0 Å². The first-order chi connectivity index (χ1) is 16.6. The summed E-state index contributed by atoms with van der Waals surface area (Å²) < 4.78 is 31.8. The summed E-state index contributed by atoms with van der Waals surface area (Å²) in [7, 11) is 1.24. The van der Waals surface area contributed by atoms with E-state index in [4.69, 9.17) is 28.4 Å². The maximum Gasteiger partial charge on any atom is 0.187 e. The fraction of sp³-hybridized carbons (Fsp3) is 1.00. The standard InChI is InChI=1S/C19H34O16/c1-30-14-5(2-20)32-18(12(27)9(14)24)35-16-7(4-22)33-19(13(28)10(16)25)34-15-6(3-21)31-17(29)11(26)8(15)23/h5-29H,2-4H2,1H3/t5?,6?,7?,8-,9-,10-,11?,12?,13?,14+,15+,16+,17-,18+,19+/m0/s1. The molecule has 0 aliphatic carbocycles. The molecule has 3 saturated heterocycles. The third kappa shape index (κ3) is 5.78. The van der Waals surface area contributed by atoms with E-state index in [9.17, 15) is 51.1 Å². The van der Waals surface area contributed by atoms with Crippen molar-refractivity contribution in [2.45, 2.75) is 92.1 Å². The summed E-state index contributed by atoms with van der Waals surface area (Å²) in [6.07, 6.45) is -23.7. The lowest BCUT2D eigenvalue weighted by atomic mass is 9.96. The Morgan fingerprint density at radius 1 is 0.514 bits per heavy atom. The van der Waals surface area contributed by atoms with Crippen molar-refractivity contribution in [2.75, 3.05) is 26.9 Å². The molecule has 206 valence electrons. The van der Waals surface area contributed by atoms with Gasteiger partial charge >= 0.3 is 0 Å². The molecule has 35 heavy (non-hydrogen) atoms. The zero-order chi connectivity index (χ0) is 26.0. The Balaban J connectivity index is 1.72. The summed E-state index contributed by atoms with van der Waals surface area (Å²) in [6.45, 7) is -2.15. The highest BCUT2D eigenvalue weighted by atomic mass is 16.8. The summed E-state index contributed by atoms with van der Waals surface area (Å²) in [5, 5.41) is 100. The summed E-state index contributed by atoms with van der Waals surface area (Å²) in [5.41, 5.74) is 0. The van der Waals surface area contributed by atoms with Crippen molar-refractivity contribution in [3.63, 3.8) is 0 Å². The minimum Gasteiger partial charge on any atom is -0.394 e. The van der Waals surface area contributed by atoms with Crippen molar-refractivity contribution < 1.29 is 79.5 Å². The molecule has 16 nitrogen and oxygen atoms in total. The van der Waals surface area contributed by atoms with Gasteiger partial charge in [-0.25, -0.2) is 0 Å². The molecule has 0 radical (unpaired) electrons.